The minimum Gasteiger partial charge on any atom is -0.388 e. The van der Waals surface area contributed by atoms with Gasteiger partial charge in [-0.2, -0.15) is 0 Å². The number of nitrogens with one attached hydrogen (secondary N) is 1. The van der Waals surface area contributed by atoms with Gasteiger partial charge in [-0.15, -0.1) is 0 Å². The van der Waals surface area contributed by atoms with Gasteiger partial charge in [0.1, 0.15) is 0 Å². The zero-order valence-electron chi connectivity index (χ0n) is 10.0. The van der Waals surface area contributed by atoms with Gasteiger partial charge >= 0.3 is 0 Å². The Morgan fingerprint density at radius 1 is 1.29 bits per heavy atom. The Labute approximate surface area is 103 Å². The molecule has 0 bridgehead atoms. The van der Waals surface area contributed by atoms with Crippen molar-refractivity contribution in [3.05, 3.63) is 0 Å². The molecule has 0 aromatic heterocycles. The monoisotopic (exact) mass is 263 g/mol. The third kappa shape index (κ3) is 4.54. The van der Waals surface area contributed by atoms with Crippen LogP contribution in [0.2, 0.25) is 0 Å². The normalized spacial score (nSPS) is 24.8. The average molecular weight is 263 g/mol. The highest BCUT2D eigenvalue weighted by atomic mass is 32.2. The van der Waals surface area contributed by atoms with Gasteiger partial charge in [-0.05, 0) is 12.3 Å². The Kier molecular flexibility index (Phi) is 4.07. The number of sulfonamides is 1. The number of rotatable bonds is 6. The van der Waals surface area contributed by atoms with E-state index in [0.717, 1.165) is 19.3 Å². The molecule has 1 saturated heterocycles. The summed E-state index contributed by atoms with van der Waals surface area (Å²) >= 11 is 0. The topological polar surface area (TPSA) is 75.6 Å². The van der Waals surface area contributed by atoms with Crippen molar-refractivity contribution in [2.45, 2.75) is 37.7 Å². The van der Waals surface area contributed by atoms with Crippen molar-refractivity contribution in [3.8, 4) is 0 Å². The Bertz CT molecular complexity index is 344. The second-order valence-corrected chi connectivity index (χ2v) is 7.14. The maximum Gasteiger partial charge on any atom is 0.211 e. The second kappa shape index (κ2) is 5.22. The SMILES string of the molecule is O=S(=O)(CCC1CC1)NCC1(O)CCOCC1. The molecule has 0 radical (unpaired) electrons. The number of ether oxygens (including phenoxy) is 1. The molecule has 0 atom stereocenters. The molecule has 0 unspecified atom stereocenters. The van der Waals surface area contributed by atoms with Crippen molar-refractivity contribution in [2.75, 3.05) is 25.5 Å². The highest BCUT2D eigenvalue weighted by molar-refractivity contribution is 7.89. The lowest BCUT2D eigenvalue weighted by Crippen LogP contribution is -2.47. The molecule has 0 spiro atoms. The van der Waals surface area contributed by atoms with Crippen molar-refractivity contribution in [3.63, 3.8) is 0 Å². The zero-order valence-corrected chi connectivity index (χ0v) is 10.8. The lowest BCUT2D eigenvalue weighted by atomic mass is 9.95. The van der Waals surface area contributed by atoms with Gasteiger partial charge in [0.05, 0.1) is 11.4 Å². The van der Waals surface area contributed by atoms with E-state index in [9.17, 15) is 13.5 Å². The smallest absolute Gasteiger partial charge is 0.211 e. The Morgan fingerprint density at radius 3 is 2.53 bits per heavy atom. The molecule has 2 fully saturated rings. The van der Waals surface area contributed by atoms with E-state index < -0.39 is 15.6 Å². The van der Waals surface area contributed by atoms with Crippen LogP contribution in [-0.4, -0.2) is 44.6 Å². The summed E-state index contributed by atoms with van der Waals surface area (Å²) in [6, 6.07) is 0. The van der Waals surface area contributed by atoms with Gasteiger partial charge in [-0.1, -0.05) is 12.8 Å². The standard InChI is InChI=1S/C11H21NO4S/c13-11(4-6-16-7-5-11)9-12-17(14,15)8-3-10-1-2-10/h10,12-13H,1-9H2. The molecule has 5 nitrogen and oxygen atoms in total. The molecule has 0 aromatic carbocycles. The molecule has 1 aliphatic carbocycles. The van der Waals surface area contributed by atoms with E-state index in [1.807, 2.05) is 0 Å². The lowest BCUT2D eigenvalue weighted by molar-refractivity contribution is -0.0588. The molecule has 6 heteroatoms. The molecule has 1 aliphatic heterocycles. The third-order valence-corrected chi connectivity index (χ3v) is 4.89. The number of hydrogen-bond donors (Lipinski definition) is 2. The van der Waals surface area contributed by atoms with E-state index in [2.05, 4.69) is 4.72 Å². The van der Waals surface area contributed by atoms with Gasteiger partial charge < -0.3 is 9.84 Å². The highest BCUT2D eigenvalue weighted by Gasteiger charge is 2.31. The number of aliphatic hydroxyl groups is 1. The van der Waals surface area contributed by atoms with Gasteiger partial charge in [0.25, 0.3) is 0 Å². The molecule has 17 heavy (non-hydrogen) atoms. The largest absolute Gasteiger partial charge is 0.388 e. The summed E-state index contributed by atoms with van der Waals surface area (Å²) in [6.07, 6.45) is 4.07. The molecule has 2 N–H and O–H groups in total. The predicted octanol–water partition coefficient (Wildman–Crippen LogP) is 0.247. The van der Waals surface area contributed by atoms with Crippen LogP contribution < -0.4 is 4.72 Å². The maximum absolute atomic E-state index is 11.7. The summed E-state index contributed by atoms with van der Waals surface area (Å²) in [5, 5.41) is 10.1. The quantitative estimate of drug-likeness (QED) is 0.720. The lowest BCUT2D eigenvalue weighted by Gasteiger charge is -2.31. The van der Waals surface area contributed by atoms with Crippen molar-refractivity contribution >= 4 is 10.0 Å². The van der Waals surface area contributed by atoms with E-state index in [4.69, 9.17) is 4.74 Å². The van der Waals surface area contributed by atoms with E-state index in [0.29, 0.717) is 32.0 Å². The van der Waals surface area contributed by atoms with Crippen molar-refractivity contribution < 1.29 is 18.3 Å². The first kappa shape index (κ1) is 13.3. The van der Waals surface area contributed by atoms with E-state index in [-0.39, 0.29) is 12.3 Å². The van der Waals surface area contributed by atoms with Crippen LogP contribution in [0.25, 0.3) is 0 Å². The first-order valence-corrected chi connectivity index (χ1v) is 7.92. The fraction of sp³-hybridized carbons (Fsp3) is 1.00. The summed E-state index contributed by atoms with van der Waals surface area (Å²) in [6.45, 7) is 1.12. The third-order valence-electron chi connectivity index (χ3n) is 3.54. The van der Waals surface area contributed by atoms with Crippen LogP contribution >= 0.6 is 0 Å². The van der Waals surface area contributed by atoms with E-state index in [1.165, 1.54) is 0 Å². The molecule has 100 valence electrons. The van der Waals surface area contributed by atoms with Gasteiger partial charge in [-0.25, -0.2) is 13.1 Å². The highest BCUT2D eigenvalue weighted by Crippen LogP contribution is 2.32. The zero-order chi connectivity index (χ0) is 12.4. The fourth-order valence-electron chi connectivity index (χ4n) is 1.97. The van der Waals surface area contributed by atoms with Crippen molar-refractivity contribution in [1.82, 2.24) is 4.72 Å². The summed E-state index contributed by atoms with van der Waals surface area (Å²) < 4.78 is 31.1. The van der Waals surface area contributed by atoms with Crippen LogP contribution in [0.4, 0.5) is 0 Å². The molecular weight excluding hydrogens is 242 g/mol. The Hall–Kier alpha value is -0.170. The van der Waals surface area contributed by atoms with Crippen molar-refractivity contribution in [1.29, 1.82) is 0 Å². The van der Waals surface area contributed by atoms with Crippen LogP contribution in [0, 0.1) is 5.92 Å². The van der Waals surface area contributed by atoms with E-state index in [1.54, 1.807) is 0 Å². The number of hydrogen-bond acceptors (Lipinski definition) is 4. The first-order chi connectivity index (χ1) is 7.99. The van der Waals surface area contributed by atoms with Gasteiger partial charge in [-0.3, -0.25) is 0 Å². The fourth-order valence-corrected chi connectivity index (χ4v) is 3.25. The van der Waals surface area contributed by atoms with Gasteiger partial charge in [0.2, 0.25) is 10.0 Å². The molecule has 1 heterocycles. The Morgan fingerprint density at radius 2 is 1.94 bits per heavy atom. The van der Waals surface area contributed by atoms with Gasteiger partial charge in [0.15, 0.2) is 0 Å². The summed E-state index contributed by atoms with van der Waals surface area (Å²) in [5.74, 6) is 0.794. The second-order valence-electron chi connectivity index (χ2n) is 5.21. The van der Waals surface area contributed by atoms with Gasteiger partial charge in [0, 0.05) is 32.6 Å². The van der Waals surface area contributed by atoms with Crippen molar-refractivity contribution in [2.24, 2.45) is 5.92 Å². The summed E-state index contributed by atoms with van der Waals surface area (Å²) in [4.78, 5) is 0. The Balaban J connectivity index is 1.74. The molecule has 0 amide bonds. The molecule has 2 rings (SSSR count). The molecular formula is C11H21NO4S. The molecule has 2 aliphatic rings. The first-order valence-electron chi connectivity index (χ1n) is 6.27. The van der Waals surface area contributed by atoms with Crippen LogP contribution in [-0.2, 0) is 14.8 Å². The molecule has 0 aromatic rings. The average Bonchev–Trinajstić information content (AvgIpc) is 3.09. The summed E-state index contributed by atoms with van der Waals surface area (Å²) in [5.41, 5.74) is -0.926. The minimum absolute atomic E-state index is 0.114. The molecule has 1 saturated carbocycles. The van der Waals surface area contributed by atoms with Crippen LogP contribution in [0.1, 0.15) is 32.1 Å². The predicted molar refractivity (Wildman–Crippen MR) is 64.1 cm³/mol. The van der Waals surface area contributed by atoms with Crippen LogP contribution in [0.3, 0.4) is 0 Å². The van der Waals surface area contributed by atoms with Crippen LogP contribution in [0.5, 0.6) is 0 Å². The van der Waals surface area contributed by atoms with Crippen LogP contribution in [0.15, 0.2) is 0 Å². The van der Waals surface area contributed by atoms with E-state index >= 15 is 0 Å². The maximum atomic E-state index is 11.7. The minimum atomic E-state index is -3.22. The summed E-state index contributed by atoms with van der Waals surface area (Å²) in [7, 11) is -3.22.